The zero-order valence-electron chi connectivity index (χ0n) is 15.1. The van der Waals surface area contributed by atoms with E-state index < -0.39 is 0 Å². The number of H-pyrrole nitrogens is 1. The van der Waals surface area contributed by atoms with Crippen molar-refractivity contribution in [1.29, 1.82) is 0 Å². The average molecular weight is 375 g/mol. The van der Waals surface area contributed by atoms with Gasteiger partial charge in [-0.3, -0.25) is 0 Å². The van der Waals surface area contributed by atoms with Crippen LogP contribution in [-0.4, -0.2) is 18.1 Å². The molecule has 28 heavy (non-hydrogen) atoms. The predicted octanol–water partition coefficient (Wildman–Crippen LogP) is 5.63. The molecule has 4 rings (SSSR count). The average Bonchev–Trinajstić information content (AvgIpc) is 3.07. The lowest BCUT2D eigenvalue weighted by Gasteiger charge is -2.10. The first-order valence-electron chi connectivity index (χ1n) is 8.73. The first-order chi connectivity index (χ1) is 13.6. The van der Waals surface area contributed by atoms with E-state index in [2.05, 4.69) is 15.6 Å². The lowest BCUT2D eigenvalue weighted by atomic mass is 10.1. The van der Waals surface area contributed by atoms with E-state index in [0.29, 0.717) is 22.8 Å². The Kier molecular flexibility index (Phi) is 4.68. The number of methoxy groups -OCH3 is 1. The van der Waals surface area contributed by atoms with Gasteiger partial charge in [0.2, 0.25) is 0 Å². The van der Waals surface area contributed by atoms with E-state index in [1.54, 1.807) is 43.5 Å². The third-order valence-electron chi connectivity index (χ3n) is 4.43. The molecule has 0 unspecified atom stereocenters. The predicted molar refractivity (Wildman–Crippen MR) is 109 cm³/mol. The molecular weight excluding hydrogens is 357 g/mol. The fourth-order valence-corrected chi connectivity index (χ4v) is 3.06. The summed E-state index contributed by atoms with van der Waals surface area (Å²) in [6, 6.07) is 20.5. The highest BCUT2D eigenvalue weighted by Gasteiger charge is 2.15. The van der Waals surface area contributed by atoms with Crippen molar-refractivity contribution in [3.05, 3.63) is 78.6 Å². The van der Waals surface area contributed by atoms with E-state index >= 15 is 0 Å². The summed E-state index contributed by atoms with van der Waals surface area (Å²) in [5.41, 5.74) is 3.64. The zero-order chi connectivity index (χ0) is 19.5. The van der Waals surface area contributed by atoms with Crippen LogP contribution in [0.3, 0.4) is 0 Å². The van der Waals surface area contributed by atoms with Gasteiger partial charge in [-0.25, -0.2) is 9.18 Å². The molecule has 0 aliphatic rings. The molecule has 4 aromatic rings. The standard InChI is InChI=1S/C22H18FN3O2/c1-28-17-12-10-16(11-13-17)24-22(27)26-21-18-4-2-3-5-19(18)25-20(21)14-6-8-15(23)9-7-14/h2-13,25H,1H3,(H2,24,26,27). The van der Waals surface area contributed by atoms with Crippen LogP contribution in [0.1, 0.15) is 0 Å². The van der Waals surface area contributed by atoms with Crippen LogP contribution in [0.4, 0.5) is 20.6 Å². The van der Waals surface area contributed by atoms with Crippen molar-refractivity contribution in [1.82, 2.24) is 4.98 Å². The van der Waals surface area contributed by atoms with Gasteiger partial charge in [0.1, 0.15) is 11.6 Å². The number of amides is 2. The summed E-state index contributed by atoms with van der Waals surface area (Å²) >= 11 is 0. The summed E-state index contributed by atoms with van der Waals surface area (Å²) in [6.07, 6.45) is 0. The molecule has 0 saturated carbocycles. The van der Waals surface area contributed by atoms with Gasteiger partial charge < -0.3 is 20.4 Å². The normalized spacial score (nSPS) is 10.6. The molecule has 6 heteroatoms. The molecule has 5 nitrogen and oxygen atoms in total. The van der Waals surface area contributed by atoms with E-state index in [1.807, 2.05) is 24.3 Å². The monoisotopic (exact) mass is 375 g/mol. The van der Waals surface area contributed by atoms with Gasteiger partial charge in [-0.05, 0) is 54.6 Å². The van der Waals surface area contributed by atoms with Crippen LogP contribution in [0, 0.1) is 5.82 Å². The molecule has 0 radical (unpaired) electrons. The van der Waals surface area contributed by atoms with Crippen molar-refractivity contribution >= 4 is 28.3 Å². The zero-order valence-corrected chi connectivity index (χ0v) is 15.1. The number of aromatic nitrogens is 1. The van der Waals surface area contributed by atoms with Gasteiger partial charge in [0.25, 0.3) is 0 Å². The maximum atomic E-state index is 13.3. The van der Waals surface area contributed by atoms with Crippen molar-refractivity contribution in [3.63, 3.8) is 0 Å². The van der Waals surface area contributed by atoms with Gasteiger partial charge in [-0.2, -0.15) is 0 Å². The van der Waals surface area contributed by atoms with E-state index in [9.17, 15) is 9.18 Å². The number of anilines is 2. The molecule has 0 atom stereocenters. The van der Waals surface area contributed by atoms with Crippen LogP contribution in [0.15, 0.2) is 72.8 Å². The summed E-state index contributed by atoms with van der Waals surface area (Å²) in [6.45, 7) is 0. The van der Waals surface area contributed by atoms with Gasteiger partial charge >= 0.3 is 6.03 Å². The first kappa shape index (κ1) is 17.6. The van der Waals surface area contributed by atoms with Crippen LogP contribution < -0.4 is 15.4 Å². The summed E-state index contributed by atoms with van der Waals surface area (Å²) in [7, 11) is 1.59. The molecule has 1 aromatic heterocycles. The van der Waals surface area contributed by atoms with E-state index in [0.717, 1.165) is 16.5 Å². The van der Waals surface area contributed by atoms with Gasteiger partial charge in [0, 0.05) is 22.2 Å². The van der Waals surface area contributed by atoms with Crippen molar-refractivity contribution in [2.24, 2.45) is 0 Å². The van der Waals surface area contributed by atoms with Crippen LogP contribution in [0.25, 0.3) is 22.2 Å². The molecular formula is C22H18FN3O2. The van der Waals surface area contributed by atoms with Crippen LogP contribution in [-0.2, 0) is 0 Å². The van der Waals surface area contributed by atoms with Gasteiger partial charge in [-0.15, -0.1) is 0 Å². The Morgan fingerprint density at radius 1 is 0.929 bits per heavy atom. The number of rotatable bonds is 4. The number of nitrogens with one attached hydrogen (secondary N) is 3. The van der Waals surface area contributed by atoms with Gasteiger partial charge in [0.15, 0.2) is 0 Å². The van der Waals surface area contributed by atoms with E-state index in [1.165, 1.54) is 12.1 Å². The molecule has 3 N–H and O–H groups in total. The molecule has 0 fully saturated rings. The topological polar surface area (TPSA) is 66.2 Å². The molecule has 140 valence electrons. The van der Waals surface area contributed by atoms with Crippen molar-refractivity contribution in [2.45, 2.75) is 0 Å². The quantitative estimate of drug-likeness (QED) is 0.433. The third-order valence-corrected chi connectivity index (χ3v) is 4.43. The minimum absolute atomic E-state index is 0.313. The summed E-state index contributed by atoms with van der Waals surface area (Å²) < 4.78 is 18.4. The molecule has 3 aromatic carbocycles. The number of fused-ring (bicyclic) bond motifs is 1. The number of carbonyl (C=O) groups is 1. The Labute approximate surface area is 161 Å². The fourth-order valence-electron chi connectivity index (χ4n) is 3.06. The van der Waals surface area contributed by atoms with Crippen LogP contribution in [0.2, 0.25) is 0 Å². The number of aromatic amines is 1. The van der Waals surface area contributed by atoms with Crippen molar-refractivity contribution in [3.8, 4) is 17.0 Å². The molecule has 0 bridgehead atoms. The van der Waals surface area contributed by atoms with Crippen LogP contribution >= 0.6 is 0 Å². The Balaban J connectivity index is 1.65. The molecule has 0 saturated heterocycles. The summed E-state index contributed by atoms with van der Waals surface area (Å²) in [4.78, 5) is 15.9. The highest BCUT2D eigenvalue weighted by atomic mass is 19.1. The Morgan fingerprint density at radius 2 is 1.64 bits per heavy atom. The van der Waals surface area contributed by atoms with Crippen LogP contribution in [0.5, 0.6) is 5.75 Å². The Morgan fingerprint density at radius 3 is 2.36 bits per heavy atom. The summed E-state index contributed by atoms with van der Waals surface area (Å²) in [5, 5.41) is 6.59. The van der Waals surface area contributed by atoms with Gasteiger partial charge in [0.05, 0.1) is 18.5 Å². The highest BCUT2D eigenvalue weighted by Crippen LogP contribution is 2.35. The van der Waals surface area contributed by atoms with E-state index in [4.69, 9.17) is 4.74 Å². The number of benzene rings is 3. The number of halogens is 1. The smallest absolute Gasteiger partial charge is 0.323 e. The SMILES string of the molecule is COc1ccc(NC(=O)Nc2c(-c3ccc(F)cc3)[nH]c3ccccc23)cc1. The number of urea groups is 1. The number of hydrogen-bond donors (Lipinski definition) is 3. The van der Waals surface area contributed by atoms with Crippen molar-refractivity contribution < 1.29 is 13.9 Å². The minimum atomic E-state index is -0.377. The third kappa shape index (κ3) is 3.53. The molecule has 1 heterocycles. The maximum Gasteiger partial charge on any atom is 0.323 e. The lowest BCUT2D eigenvalue weighted by molar-refractivity contribution is 0.262. The molecule has 0 aliphatic heterocycles. The number of para-hydroxylation sites is 1. The maximum absolute atomic E-state index is 13.3. The number of hydrogen-bond acceptors (Lipinski definition) is 2. The van der Waals surface area contributed by atoms with E-state index in [-0.39, 0.29) is 11.8 Å². The number of carbonyl (C=O) groups excluding carboxylic acids is 1. The Hall–Kier alpha value is -3.80. The fraction of sp³-hybridized carbons (Fsp3) is 0.0455. The molecule has 2 amide bonds. The molecule has 0 spiro atoms. The lowest BCUT2D eigenvalue weighted by Crippen LogP contribution is -2.19. The minimum Gasteiger partial charge on any atom is -0.497 e. The van der Waals surface area contributed by atoms with Gasteiger partial charge in [-0.1, -0.05) is 18.2 Å². The van der Waals surface area contributed by atoms with Crippen molar-refractivity contribution in [2.75, 3.05) is 17.7 Å². The second kappa shape index (κ2) is 7.44. The highest BCUT2D eigenvalue weighted by molar-refractivity contribution is 6.10. The first-order valence-corrected chi connectivity index (χ1v) is 8.73. The number of ether oxygens (including phenoxy) is 1. The molecule has 0 aliphatic carbocycles. The Bertz CT molecular complexity index is 1120. The second-order valence-corrected chi connectivity index (χ2v) is 6.24. The summed E-state index contributed by atoms with van der Waals surface area (Å²) in [5.74, 6) is 0.396. The second-order valence-electron chi connectivity index (χ2n) is 6.24. The largest absolute Gasteiger partial charge is 0.497 e.